The quantitative estimate of drug-likeness (QED) is 0.305. The molecule has 4 rings (SSSR count). The number of carbonyl (C=O) groups excluding carboxylic acids is 1. The van der Waals surface area contributed by atoms with Gasteiger partial charge < -0.3 is 10.6 Å². The minimum absolute atomic E-state index is 0.135. The number of anilines is 2. The number of amides is 2. The van der Waals surface area contributed by atoms with E-state index in [1.54, 1.807) is 12.3 Å². The second kappa shape index (κ2) is 9.96. The molecular formula is C26H22ClF2N3O. The van der Waals surface area contributed by atoms with Crippen LogP contribution in [0.15, 0.2) is 66.9 Å². The summed E-state index contributed by atoms with van der Waals surface area (Å²) in [5.74, 6) is -1.59. The fourth-order valence-electron chi connectivity index (χ4n) is 3.69. The second-order valence-electron chi connectivity index (χ2n) is 7.69. The van der Waals surface area contributed by atoms with Crippen molar-refractivity contribution in [3.05, 3.63) is 89.1 Å². The van der Waals surface area contributed by atoms with Gasteiger partial charge in [-0.3, -0.25) is 4.98 Å². The number of nitrogens with one attached hydrogen (secondary N) is 2. The number of benzene rings is 3. The molecule has 2 N–H and O–H groups in total. The van der Waals surface area contributed by atoms with Crippen LogP contribution in [0.2, 0.25) is 5.02 Å². The highest BCUT2D eigenvalue weighted by atomic mass is 35.5. The Morgan fingerprint density at radius 1 is 1.00 bits per heavy atom. The first-order chi connectivity index (χ1) is 16.0. The molecule has 0 aliphatic carbocycles. The standard InChI is InChI=1S/C26H22ClF2N3O/c1-2-3-6-16-9-11-22-19(13-16)25(18-7-4-5-8-20(18)27)24(15-30-22)32-26(33)31-23-12-10-17(28)14-21(23)29/h4-5,7-15H,2-3,6H2,1H3,(H2,31,32,33). The number of carbonyl (C=O) groups is 1. The van der Waals surface area contributed by atoms with Crippen LogP contribution in [-0.4, -0.2) is 11.0 Å². The van der Waals surface area contributed by atoms with E-state index in [0.29, 0.717) is 16.8 Å². The molecule has 168 valence electrons. The number of pyridine rings is 1. The second-order valence-corrected chi connectivity index (χ2v) is 8.09. The Labute approximate surface area is 195 Å². The molecular weight excluding hydrogens is 444 g/mol. The van der Waals surface area contributed by atoms with Crippen molar-refractivity contribution in [2.45, 2.75) is 26.2 Å². The Hall–Kier alpha value is -3.51. The third-order valence-electron chi connectivity index (χ3n) is 5.32. The SMILES string of the molecule is CCCCc1ccc2ncc(NC(=O)Nc3ccc(F)cc3F)c(-c3ccccc3Cl)c2c1. The third-order valence-corrected chi connectivity index (χ3v) is 5.65. The molecule has 2 amide bonds. The number of hydrogen-bond acceptors (Lipinski definition) is 2. The maximum Gasteiger partial charge on any atom is 0.323 e. The van der Waals surface area contributed by atoms with E-state index in [2.05, 4.69) is 34.7 Å². The molecule has 0 bridgehead atoms. The van der Waals surface area contributed by atoms with E-state index in [4.69, 9.17) is 11.6 Å². The average Bonchev–Trinajstić information content (AvgIpc) is 2.80. The lowest BCUT2D eigenvalue weighted by Gasteiger charge is -2.16. The van der Waals surface area contributed by atoms with Gasteiger partial charge in [0.2, 0.25) is 0 Å². The van der Waals surface area contributed by atoms with Crippen LogP contribution < -0.4 is 10.6 Å². The van der Waals surface area contributed by atoms with Gasteiger partial charge in [0.1, 0.15) is 11.6 Å². The maximum absolute atomic E-state index is 14.0. The number of aromatic nitrogens is 1. The molecule has 0 unspecified atom stereocenters. The van der Waals surface area contributed by atoms with Crippen molar-refractivity contribution in [1.29, 1.82) is 0 Å². The number of unbranched alkanes of at least 4 members (excludes halogenated alkanes) is 1. The fraction of sp³-hybridized carbons (Fsp3) is 0.154. The van der Waals surface area contributed by atoms with Gasteiger partial charge >= 0.3 is 6.03 Å². The predicted octanol–water partition coefficient (Wildman–Crippen LogP) is 7.82. The minimum atomic E-state index is -0.867. The van der Waals surface area contributed by atoms with Gasteiger partial charge in [-0.25, -0.2) is 13.6 Å². The summed E-state index contributed by atoms with van der Waals surface area (Å²) >= 11 is 6.52. The number of nitrogens with zero attached hydrogens (tertiary/aromatic N) is 1. The van der Waals surface area contributed by atoms with Crippen LogP contribution in [0.5, 0.6) is 0 Å². The zero-order valence-electron chi connectivity index (χ0n) is 18.0. The van der Waals surface area contributed by atoms with Crippen molar-refractivity contribution in [3.8, 4) is 11.1 Å². The molecule has 0 spiro atoms. The molecule has 7 heteroatoms. The van der Waals surface area contributed by atoms with Gasteiger partial charge in [0.15, 0.2) is 0 Å². The van der Waals surface area contributed by atoms with Gasteiger partial charge in [-0.15, -0.1) is 0 Å². The highest BCUT2D eigenvalue weighted by Crippen LogP contribution is 2.38. The normalized spacial score (nSPS) is 10.9. The van der Waals surface area contributed by atoms with Gasteiger partial charge in [-0.1, -0.05) is 49.2 Å². The summed E-state index contributed by atoms with van der Waals surface area (Å²) in [7, 11) is 0. The van der Waals surface area contributed by atoms with Gasteiger partial charge in [0.25, 0.3) is 0 Å². The first kappa shape index (κ1) is 22.7. The summed E-state index contributed by atoms with van der Waals surface area (Å²) < 4.78 is 27.2. The summed E-state index contributed by atoms with van der Waals surface area (Å²) in [4.78, 5) is 17.2. The smallest absolute Gasteiger partial charge is 0.306 e. The lowest BCUT2D eigenvalue weighted by atomic mass is 9.96. The van der Waals surface area contributed by atoms with Gasteiger partial charge in [-0.05, 0) is 48.7 Å². The lowest BCUT2D eigenvalue weighted by Crippen LogP contribution is -2.21. The van der Waals surface area contributed by atoms with Crippen molar-refractivity contribution in [1.82, 2.24) is 4.98 Å². The van der Waals surface area contributed by atoms with E-state index < -0.39 is 17.7 Å². The molecule has 0 saturated heterocycles. The molecule has 3 aromatic carbocycles. The van der Waals surface area contributed by atoms with Crippen molar-refractivity contribution in [3.63, 3.8) is 0 Å². The first-order valence-corrected chi connectivity index (χ1v) is 11.0. The summed E-state index contributed by atoms with van der Waals surface area (Å²) in [6, 6.07) is 15.7. The highest BCUT2D eigenvalue weighted by molar-refractivity contribution is 6.34. The van der Waals surface area contributed by atoms with Gasteiger partial charge in [-0.2, -0.15) is 0 Å². The molecule has 0 atom stereocenters. The number of rotatable bonds is 6. The highest BCUT2D eigenvalue weighted by Gasteiger charge is 2.17. The summed E-state index contributed by atoms with van der Waals surface area (Å²) in [5, 5.41) is 6.54. The Bertz CT molecular complexity index is 1330. The molecule has 0 fully saturated rings. The van der Waals surface area contributed by atoms with Crippen LogP contribution >= 0.6 is 11.6 Å². The summed E-state index contributed by atoms with van der Waals surface area (Å²) in [6.45, 7) is 2.14. The zero-order valence-corrected chi connectivity index (χ0v) is 18.7. The van der Waals surface area contributed by atoms with E-state index in [1.807, 2.05) is 24.3 Å². The van der Waals surface area contributed by atoms with Crippen molar-refractivity contribution < 1.29 is 13.6 Å². The molecule has 0 radical (unpaired) electrons. The molecule has 1 aromatic heterocycles. The van der Waals surface area contributed by atoms with Gasteiger partial charge in [0.05, 0.1) is 23.1 Å². The van der Waals surface area contributed by atoms with Crippen LogP contribution in [-0.2, 0) is 6.42 Å². The lowest BCUT2D eigenvalue weighted by molar-refractivity contribution is 0.262. The summed E-state index contributed by atoms with van der Waals surface area (Å²) in [6.07, 6.45) is 4.61. The Balaban J connectivity index is 1.77. The van der Waals surface area contributed by atoms with Crippen LogP contribution in [0, 0.1) is 11.6 Å². The number of fused-ring (bicyclic) bond motifs is 1. The Morgan fingerprint density at radius 3 is 2.55 bits per heavy atom. The third kappa shape index (κ3) is 5.12. The van der Waals surface area contributed by atoms with E-state index >= 15 is 0 Å². The molecule has 1 heterocycles. The largest absolute Gasteiger partial charge is 0.323 e. The summed E-state index contributed by atoms with van der Waals surface area (Å²) in [5.41, 5.74) is 3.67. The van der Waals surface area contributed by atoms with Crippen LogP contribution in [0.1, 0.15) is 25.3 Å². The van der Waals surface area contributed by atoms with E-state index in [-0.39, 0.29) is 5.69 Å². The molecule has 33 heavy (non-hydrogen) atoms. The molecule has 0 aliphatic rings. The van der Waals surface area contributed by atoms with Crippen molar-refractivity contribution in [2.24, 2.45) is 0 Å². The number of aryl methyl sites for hydroxylation is 1. The number of urea groups is 1. The Morgan fingerprint density at radius 2 is 1.79 bits per heavy atom. The number of halogens is 3. The van der Waals surface area contributed by atoms with Crippen molar-refractivity contribution in [2.75, 3.05) is 10.6 Å². The van der Waals surface area contributed by atoms with Gasteiger partial charge in [0, 0.05) is 27.6 Å². The first-order valence-electron chi connectivity index (χ1n) is 10.7. The average molecular weight is 466 g/mol. The minimum Gasteiger partial charge on any atom is -0.306 e. The molecule has 0 saturated carbocycles. The molecule has 0 aliphatic heterocycles. The topological polar surface area (TPSA) is 54.0 Å². The molecule has 4 nitrogen and oxygen atoms in total. The monoisotopic (exact) mass is 465 g/mol. The van der Waals surface area contributed by atoms with Crippen LogP contribution in [0.4, 0.5) is 25.0 Å². The van der Waals surface area contributed by atoms with Crippen LogP contribution in [0.3, 0.4) is 0 Å². The predicted molar refractivity (Wildman–Crippen MR) is 130 cm³/mol. The van der Waals surface area contributed by atoms with E-state index in [0.717, 1.165) is 59.0 Å². The maximum atomic E-state index is 14.0. The number of hydrogen-bond donors (Lipinski definition) is 2. The van der Waals surface area contributed by atoms with E-state index in [1.165, 1.54) is 0 Å². The molecule has 4 aromatic rings. The zero-order chi connectivity index (χ0) is 23.4. The fourth-order valence-corrected chi connectivity index (χ4v) is 3.92. The Kier molecular flexibility index (Phi) is 6.84. The van der Waals surface area contributed by atoms with E-state index in [9.17, 15) is 13.6 Å². The van der Waals surface area contributed by atoms with Crippen LogP contribution in [0.25, 0.3) is 22.0 Å². The van der Waals surface area contributed by atoms with Crippen molar-refractivity contribution >= 4 is 39.9 Å².